The Hall–Kier alpha value is -3.21. The molecule has 7 heteroatoms. The van der Waals surface area contributed by atoms with Crippen molar-refractivity contribution in [3.8, 4) is 5.69 Å². The molecule has 0 amide bonds. The summed E-state index contributed by atoms with van der Waals surface area (Å²) in [5.74, 6) is -0.0755. The van der Waals surface area contributed by atoms with Crippen LogP contribution in [-0.2, 0) is 0 Å². The van der Waals surface area contributed by atoms with E-state index in [-0.39, 0.29) is 11.5 Å². The molecule has 2 heterocycles. The number of aromatic nitrogens is 3. The zero-order valence-corrected chi connectivity index (χ0v) is 14.6. The first kappa shape index (κ1) is 16.3. The average Bonchev–Trinajstić information content (AvgIpc) is 2.99. The molecule has 0 fully saturated rings. The third kappa shape index (κ3) is 2.62. The second-order valence-corrected chi connectivity index (χ2v) is 6.48. The third-order valence-electron chi connectivity index (χ3n) is 4.46. The van der Waals surface area contributed by atoms with Gasteiger partial charge in [0.1, 0.15) is 0 Å². The fourth-order valence-electron chi connectivity index (χ4n) is 3.15. The Morgan fingerprint density at radius 3 is 2.58 bits per heavy atom. The quantitative estimate of drug-likeness (QED) is 0.557. The number of nitrogens with zero attached hydrogens (tertiary/aromatic N) is 4. The van der Waals surface area contributed by atoms with Crippen molar-refractivity contribution in [2.45, 2.75) is 12.8 Å². The smallest absolute Gasteiger partial charge is 0.314 e. The number of aryl methyl sites for hydroxylation is 1. The van der Waals surface area contributed by atoms with Gasteiger partial charge in [-0.1, -0.05) is 23.8 Å². The number of fused-ring (bicyclic) bond motifs is 1. The third-order valence-corrected chi connectivity index (χ3v) is 4.71. The Balaban J connectivity index is 1.92. The number of halogens is 1. The van der Waals surface area contributed by atoms with Crippen molar-refractivity contribution in [3.05, 3.63) is 86.9 Å². The molecule has 0 atom stereocenters. The van der Waals surface area contributed by atoms with Gasteiger partial charge in [0.05, 0.1) is 16.6 Å². The highest BCUT2D eigenvalue weighted by Gasteiger charge is 2.21. The molecule has 4 rings (SSSR count). The zero-order chi connectivity index (χ0) is 18.3. The molecule has 0 spiro atoms. The molecule has 0 saturated carbocycles. The van der Waals surface area contributed by atoms with Crippen LogP contribution < -0.4 is 5.56 Å². The number of nitrogens with one attached hydrogen (secondary N) is 1. The van der Waals surface area contributed by atoms with E-state index >= 15 is 0 Å². The van der Waals surface area contributed by atoms with Gasteiger partial charge in [0.15, 0.2) is 0 Å². The van der Waals surface area contributed by atoms with Crippen LogP contribution in [0.1, 0.15) is 17.2 Å². The van der Waals surface area contributed by atoms with Gasteiger partial charge in [-0.15, -0.1) is 0 Å². The molecule has 128 valence electrons. The molecule has 1 aromatic carbocycles. The number of hydrogen-bond donors (Lipinski definition) is 1. The van der Waals surface area contributed by atoms with E-state index in [1.807, 2.05) is 19.1 Å². The minimum atomic E-state index is -0.169. The molecule has 1 aliphatic carbocycles. The second kappa shape index (κ2) is 6.26. The average molecular weight is 364 g/mol. The van der Waals surface area contributed by atoms with Crippen LogP contribution in [0.25, 0.3) is 22.1 Å². The Morgan fingerprint density at radius 2 is 1.92 bits per heavy atom. The molecular formula is C19H14ClN5O. The first-order chi connectivity index (χ1) is 12.6. The first-order valence-corrected chi connectivity index (χ1v) is 8.41. The van der Waals surface area contributed by atoms with Crippen molar-refractivity contribution < 1.29 is 4.79 Å². The van der Waals surface area contributed by atoms with Gasteiger partial charge >= 0.3 is 5.71 Å². The first-order valence-electron chi connectivity index (χ1n) is 8.03. The normalized spacial score (nSPS) is 16.2. The Labute approximate surface area is 153 Å². The fraction of sp³-hybridized carbons (Fsp3) is 0.105. The maximum atomic E-state index is 12.8. The van der Waals surface area contributed by atoms with Crippen molar-refractivity contribution in [2.75, 3.05) is 0 Å². The summed E-state index contributed by atoms with van der Waals surface area (Å²) in [4.78, 5) is 20.4. The van der Waals surface area contributed by atoms with Gasteiger partial charge in [0.25, 0.3) is 5.56 Å². The van der Waals surface area contributed by atoms with E-state index < -0.39 is 0 Å². The molecule has 0 bridgehead atoms. The van der Waals surface area contributed by atoms with Crippen LogP contribution in [0.5, 0.6) is 0 Å². The lowest BCUT2D eigenvalue weighted by atomic mass is 9.92. The highest BCUT2D eigenvalue weighted by molar-refractivity contribution is 6.30. The maximum absolute atomic E-state index is 12.8. The van der Waals surface area contributed by atoms with E-state index in [0.717, 1.165) is 16.8 Å². The number of hydrogen-bond acceptors (Lipinski definition) is 2. The summed E-state index contributed by atoms with van der Waals surface area (Å²) in [6, 6.07) is 7.04. The predicted molar refractivity (Wildman–Crippen MR) is 101 cm³/mol. The van der Waals surface area contributed by atoms with Crippen molar-refractivity contribution in [1.29, 1.82) is 0 Å². The SMILES string of the molecule is Cc1ncc2c(=O)n(-c3ccc(Cl)cc3)[nH]c2c1C1C=CC(=[N+]=[N-])C=C1. The van der Waals surface area contributed by atoms with Gasteiger partial charge in [-0.05, 0) is 31.2 Å². The lowest BCUT2D eigenvalue weighted by Crippen LogP contribution is -2.14. The highest BCUT2D eigenvalue weighted by atomic mass is 35.5. The monoisotopic (exact) mass is 363 g/mol. The molecule has 0 saturated heterocycles. The minimum Gasteiger partial charge on any atom is -0.361 e. The number of rotatable bonds is 2. The topological polar surface area (TPSA) is 87.1 Å². The van der Waals surface area contributed by atoms with Crippen LogP contribution in [-0.4, -0.2) is 25.3 Å². The summed E-state index contributed by atoms with van der Waals surface area (Å²) in [7, 11) is 0. The van der Waals surface area contributed by atoms with Crippen LogP contribution in [0.4, 0.5) is 0 Å². The molecule has 26 heavy (non-hydrogen) atoms. The molecule has 3 aromatic rings. The molecule has 0 radical (unpaired) electrons. The predicted octanol–water partition coefficient (Wildman–Crippen LogP) is 3.56. The van der Waals surface area contributed by atoms with Gasteiger partial charge < -0.3 is 5.53 Å². The largest absolute Gasteiger partial charge is 0.361 e. The highest BCUT2D eigenvalue weighted by Crippen LogP contribution is 2.29. The Kier molecular flexibility index (Phi) is 3.92. The Bertz CT molecular complexity index is 1160. The van der Waals surface area contributed by atoms with E-state index in [1.54, 1.807) is 42.6 Å². The zero-order valence-electron chi connectivity index (χ0n) is 13.8. The minimum absolute atomic E-state index is 0.0755. The van der Waals surface area contributed by atoms with Gasteiger partial charge in [-0.3, -0.25) is 14.9 Å². The van der Waals surface area contributed by atoms with E-state index in [9.17, 15) is 4.79 Å². The van der Waals surface area contributed by atoms with Crippen LogP contribution >= 0.6 is 11.6 Å². The van der Waals surface area contributed by atoms with Crippen molar-refractivity contribution in [3.63, 3.8) is 0 Å². The summed E-state index contributed by atoms with van der Waals surface area (Å²) in [5.41, 5.74) is 12.4. The van der Waals surface area contributed by atoms with E-state index in [0.29, 0.717) is 21.8 Å². The number of allylic oxidation sites excluding steroid dienone is 4. The standard InChI is InChI=1S/C19H14ClN5O/c1-11-17(12-2-6-14(23-21)7-3-12)18-16(10-22-11)19(26)25(24-18)15-8-4-13(20)5-9-15/h2-10,12,24H,1H3. The van der Waals surface area contributed by atoms with E-state index in [2.05, 4.69) is 14.9 Å². The van der Waals surface area contributed by atoms with E-state index in [1.165, 1.54) is 4.68 Å². The maximum Gasteiger partial charge on any atom is 0.314 e. The van der Waals surface area contributed by atoms with Gasteiger partial charge in [-0.25, -0.2) is 4.68 Å². The summed E-state index contributed by atoms with van der Waals surface area (Å²) in [6.45, 7) is 1.91. The molecule has 2 aromatic heterocycles. The van der Waals surface area contributed by atoms with Crippen LogP contribution in [0.2, 0.25) is 5.02 Å². The van der Waals surface area contributed by atoms with Crippen LogP contribution in [0.3, 0.4) is 0 Å². The molecule has 1 aliphatic rings. The number of H-pyrrole nitrogens is 1. The number of benzene rings is 1. The lowest BCUT2D eigenvalue weighted by molar-refractivity contribution is -0.00164. The molecule has 1 N–H and O–H groups in total. The van der Waals surface area contributed by atoms with E-state index in [4.69, 9.17) is 17.1 Å². The van der Waals surface area contributed by atoms with Gasteiger partial charge in [-0.2, -0.15) is 4.79 Å². The number of pyridine rings is 1. The molecule has 0 unspecified atom stereocenters. The molecule has 0 aliphatic heterocycles. The van der Waals surface area contributed by atoms with Gasteiger partial charge in [0, 0.05) is 40.5 Å². The Morgan fingerprint density at radius 1 is 1.23 bits per heavy atom. The van der Waals surface area contributed by atoms with Crippen LogP contribution in [0.15, 0.2) is 59.6 Å². The molecule has 6 nitrogen and oxygen atoms in total. The van der Waals surface area contributed by atoms with Crippen molar-refractivity contribution >= 4 is 28.2 Å². The second-order valence-electron chi connectivity index (χ2n) is 6.04. The van der Waals surface area contributed by atoms with Crippen molar-refractivity contribution in [2.24, 2.45) is 0 Å². The fourth-order valence-corrected chi connectivity index (χ4v) is 3.28. The summed E-state index contributed by atoms with van der Waals surface area (Å²) < 4.78 is 1.49. The number of aromatic amines is 1. The lowest BCUT2D eigenvalue weighted by Gasteiger charge is -2.13. The summed E-state index contributed by atoms with van der Waals surface area (Å²) in [5, 5.41) is 4.33. The van der Waals surface area contributed by atoms with Crippen molar-refractivity contribution in [1.82, 2.24) is 14.8 Å². The summed E-state index contributed by atoms with van der Waals surface area (Å²) >= 11 is 5.94. The molecular weight excluding hydrogens is 350 g/mol. The summed E-state index contributed by atoms with van der Waals surface area (Å²) in [6.07, 6.45) is 8.89. The van der Waals surface area contributed by atoms with Crippen LogP contribution in [0, 0.1) is 6.92 Å². The van der Waals surface area contributed by atoms with Gasteiger partial charge in [0.2, 0.25) is 0 Å².